The van der Waals surface area contributed by atoms with Gasteiger partial charge in [-0.1, -0.05) is 206 Å². The Morgan fingerprint density at radius 1 is 0.247 bits per heavy atom. The van der Waals surface area contributed by atoms with Gasteiger partial charge in [0.05, 0.1) is 33.1 Å². The van der Waals surface area contributed by atoms with Gasteiger partial charge in [0.1, 0.15) is 11.2 Å². The first-order chi connectivity index (χ1) is 38.2. The molecule has 0 spiro atoms. The summed E-state index contributed by atoms with van der Waals surface area (Å²) in [6.45, 7) is 0. The number of furan rings is 1. The molecule has 0 atom stereocenters. The van der Waals surface area contributed by atoms with Crippen molar-refractivity contribution in [2.24, 2.45) is 0 Å². The molecule has 0 radical (unpaired) electrons. The summed E-state index contributed by atoms with van der Waals surface area (Å²) in [5, 5.41) is 14.9. The van der Waals surface area contributed by atoms with Crippen molar-refractivity contribution in [1.82, 2.24) is 13.7 Å². The van der Waals surface area contributed by atoms with Crippen LogP contribution in [0.3, 0.4) is 0 Å². The molecule has 0 saturated heterocycles. The van der Waals surface area contributed by atoms with Crippen molar-refractivity contribution in [3.8, 4) is 28.2 Å². The summed E-state index contributed by atoms with van der Waals surface area (Å²) in [5.74, 6) is 0. The van der Waals surface area contributed by atoms with Crippen LogP contribution in [-0.2, 0) is 0 Å². The summed E-state index contributed by atoms with van der Waals surface area (Å²) in [7, 11) is -2.80. The Balaban J connectivity index is 0.939. The molecule has 0 saturated carbocycles. The van der Waals surface area contributed by atoms with Crippen LogP contribution in [0.1, 0.15) is 0 Å². The molecule has 0 aliphatic carbocycles. The fraction of sp³-hybridized carbons (Fsp3) is 0. The molecule has 16 aromatic rings. The van der Waals surface area contributed by atoms with Crippen LogP contribution in [0.2, 0.25) is 0 Å². The molecule has 4 heterocycles. The fourth-order valence-corrected chi connectivity index (χ4v) is 18.0. The normalized spacial score (nSPS) is 12.2. The maximum Gasteiger partial charge on any atom is 0.179 e. The van der Waals surface area contributed by atoms with E-state index in [0.717, 1.165) is 66.7 Å². The van der Waals surface area contributed by atoms with Crippen molar-refractivity contribution >= 4 is 116 Å². The van der Waals surface area contributed by atoms with E-state index in [9.17, 15) is 0 Å². The molecule has 12 aromatic carbocycles. The summed E-state index contributed by atoms with van der Waals surface area (Å²) in [5.41, 5.74) is 14.3. The monoisotopic (exact) mass is 997 g/mol. The maximum absolute atomic E-state index is 6.78. The Kier molecular flexibility index (Phi) is 9.62. The number of benzene rings is 12. The lowest BCUT2D eigenvalue weighted by atomic mass is 9.97. The number of aromatic nitrogens is 3. The summed E-state index contributed by atoms with van der Waals surface area (Å²) in [6, 6.07) is 105. The molecule has 5 heteroatoms. The second kappa shape index (κ2) is 17.0. The highest BCUT2D eigenvalue weighted by atomic mass is 28.3. The highest BCUT2D eigenvalue weighted by Crippen LogP contribution is 2.45. The minimum absolute atomic E-state index is 0.891. The zero-order valence-electron chi connectivity index (χ0n) is 41.9. The zero-order chi connectivity index (χ0) is 50.6. The smallest absolute Gasteiger partial charge is 0.179 e. The van der Waals surface area contributed by atoms with Gasteiger partial charge >= 0.3 is 0 Å². The molecule has 16 rings (SSSR count). The number of hydrogen-bond donors (Lipinski definition) is 0. The maximum atomic E-state index is 6.78. The Bertz CT molecular complexity index is 4840. The van der Waals surface area contributed by atoms with Crippen LogP contribution >= 0.6 is 0 Å². The van der Waals surface area contributed by atoms with E-state index in [4.69, 9.17) is 4.42 Å². The molecule has 0 N–H and O–H groups in total. The third-order valence-corrected chi connectivity index (χ3v) is 21.2. The predicted molar refractivity (Wildman–Crippen MR) is 326 cm³/mol. The second-order valence-corrected chi connectivity index (χ2v) is 24.1. The van der Waals surface area contributed by atoms with Gasteiger partial charge in [0.15, 0.2) is 8.07 Å². The van der Waals surface area contributed by atoms with Crippen molar-refractivity contribution in [1.29, 1.82) is 0 Å². The highest BCUT2D eigenvalue weighted by molar-refractivity contribution is 7.19. The van der Waals surface area contributed by atoms with E-state index in [1.165, 1.54) is 69.6 Å². The number of nitrogens with zero attached hydrogens (tertiary/aromatic N) is 3. The quantitative estimate of drug-likeness (QED) is 0.110. The van der Waals surface area contributed by atoms with E-state index >= 15 is 0 Å². The van der Waals surface area contributed by atoms with Gasteiger partial charge in [-0.05, 0) is 105 Å². The van der Waals surface area contributed by atoms with Gasteiger partial charge in [-0.3, -0.25) is 0 Å². The first-order valence-corrected chi connectivity index (χ1v) is 28.5. The van der Waals surface area contributed by atoms with Gasteiger partial charge in [0.2, 0.25) is 0 Å². The summed E-state index contributed by atoms with van der Waals surface area (Å²) >= 11 is 0. The molecule has 0 bridgehead atoms. The third-order valence-electron chi connectivity index (χ3n) is 16.4. The lowest BCUT2D eigenvalue weighted by molar-refractivity contribution is 0.670. The van der Waals surface area contributed by atoms with E-state index in [2.05, 4.69) is 299 Å². The molecule has 0 amide bonds. The minimum atomic E-state index is -2.80. The summed E-state index contributed by atoms with van der Waals surface area (Å²) in [4.78, 5) is 0. The van der Waals surface area contributed by atoms with E-state index in [1.54, 1.807) is 0 Å². The van der Waals surface area contributed by atoms with Gasteiger partial charge in [-0.25, -0.2) is 0 Å². The molecule has 77 heavy (non-hydrogen) atoms. The van der Waals surface area contributed by atoms with E-state index in [-0.39, 0.29) is 0 Å². The van der Waals surface area contributed by atoms with Gasteiger partial charge in [-0.15, -0.1) is 0 Å². The molecule has 4 aromatic heterocycles. The number of hydrogen-bond acceptors (Lipinski definition) is 1. The number of fused-ring (bicyclic) bond motifs is 12. The number of rotatable bonds is 8. The second-order valence-electron chi connectivity index (χ2n) is 20.3. The molecular formula is C72H47N3OSi. The predicted octanol–water partition coefficient (Wildman–Crippen LogP) is 15.9. The Morgan fingerprint density at radius 2 is 0.649 bits per heavy atom. The molecule has 360 valence electrons. The Labute approximate surface area is 445 Å². The SMILES string of the molecule is c1ccc([Si](c2ccccc2)(c2ccccc2)c2cccc(-n3c4ccccc4c4cc(-n5c6ccc(-n7c8ccccc8c8ccccc87)cc6c6c(-c7cccc8c7oc7ccccc78)cccc65)ccc43)c2)cc1. The molecule has 0 aliphatic heterocycles. The van der Waals surface area contributed by atoms with Gasteiger partial charge < -0.3 is 18.1 Å². The lowest BCUT2D eigenvalue weighted by Gasteiger charge is -2.34. The highest BCUT2D eigenvalue weighted by Gasteiger charge is 2.41. The standard InChI is InChI=1S/C72H47N3OSi/c1-4-22-51(23-5-1)77(52-24-6-2-7-25-52,53-26-8-3-9-27-53)54-28-18-21-48(45-54)73-66-38-16-12-31-57(66)62-46-49(41-43-67(62)73)75-68-44-42-50(74-64-36-14-10-29-55(64)56-30-11-15-37-65(56)74)47-63(68)71-59(33-20-39-69(71)75)61-35-19-34-60-58-32-13-17-40-70(58)76-72(60)61/h1-47H. The van der Waals surface area contributed by atoms with E-state index < -0.39 is 8.07 Å². The van der Waals surface area contributed by atoms with Crippen LogP contribution in [0.4, 0.5) is 0 Å². The van der Waals surface area contributed by atoms with Crippen LogP contribution < -0.4 is 20.7 Å². The van der Waals surface area contributed by atoms with Crippen LogP contribution in [0.15, 0.2) is 290 Å². The zero-order valence-corrected chi connectivity index (χ0v) is 42.9. The van der Waals surface area contributed by atoms with Gasteiger partial charge in [-0.2, -0.15) is 0 Å². The first-order valence-electron chi connectivity index (χ1n) is 26.5. The number of para-hydroxylation sites is 5. The van der Waals surface area contributed by atoms with Crippen LogP contribution in [0.25, 0.3) is 116 Å². The summed E-state index contributed by atoms with van der Waals surface area (Å²) < 4.78 is 14.2. The van der Waals surface area contributed by atoms with Crippen LogP contribution in [0.5, 0.6) is 0 Å². The first kappa shape index (κ1) is 43.5. The third kappa shape index (κ3) is 6.38. The van der Waals surface area contributed by atoms with Crippen molar-refractivity contribution in [2.45, 2.75) is 0 Å². The average molecular weight is 998 g/mol. The van der Waals surface area contributed by atoms with Crippen LogP contribution in [-0.4, -0.2) is 21.8 Å². The topological polar surface area (TPSA) is 27.9 Å². The van der Waals surface area contributed by atoms with Gasteiger partial charge in [0, 0.05) is 65.7 Å². The molecule has 0 unspecified atom stereocenters. The Hall–Kier alpha value is -9.94. The molecular weight excluding hydrogens is 951 g/mol. The van der Waals surface area contributed by atoms with Crippen molar-refractivity contribution in [3.05, 3.63) is 285 Å². The van der Waals surface area contributed by atoms with E-state index in [0.29, 0.717) is 0 Å². The molecule has 0 fully saturated rings. The average Bonchev–Trinajstić information content (AvgIpc) is 4.35. The van der Waals surface area contributed by atoms with Crippen LogP contribution in [0, 0.1) is 0 Å². The minimum Gasteiger partial charge on any atom is -0.455 e. The largest absolute Gasteiger partial charge is 0.455 e. The Morgan fingerprint density at radius 3 is 1.26 bits per heavy atom. The van der Waals surface area contributed by atoms with Crippen molar-refractivity contribution in [2.75, 3.05) is 0 Å². The van der Waals surface area contributed by atoms with Gasteiger partial charge in [0.25, 0.3) is 0 Å². The van der Waals surface area contributed by atoms with Crippen molar-refractivity contribution in [3.63, 3.8) is 0 Å². The molecule has 0 aliphatic rings. The fourth-order valence-electron chi connectivity index (χ4n) is 13.2. The summed E-state index contributed by atoms with van der Waals surface area (Å²) in [6.07, 6.45) is 0. The lowest BCUT2D eigenvalue weighted by Crippen LogP contribution is -2.74. The van der Waals surface area contributed by atoms with E-state index in [1.807, 2.05) is 0 Å². The molecule has 4 nitrogen and oxygen atoms in total. The van der Waals surface area contributed by atoms with Crippen molar-refractivity contribution < 1.29 is 4.42 Å².